The minimum absolute atomic E-state index is 0.00687. The lowest BCUT2D eigenvalue weighted by Crippen LogP contribution is -2.31. The summed E-state index contributed by atoms with van der Waals surface area (Å²) in [7, 11) is 0. The molecule has 162 valence electrons. The van der Waals surface area contributed by atoms with Gasteiger partial charge < -0.3 is 5.32 Å². The van der Waals surface area contributed by atoms with Gasteiger partial charge in [0.1, 0.15) is 0 Å². The van der Waals surface area contributed by atoms with Crippen LogP contribution in [0.3, 0.4) is 0 Å². The number of hydrogen-bond donors (Lipinski definition) is 1. The van der Waals surface area contributed by atoms with E-state index in [1.807, 2.05) is 0 Å². The predicted octanol–water partition coefficient (Wildman–Crippen LogP) is 6.29. The van der Waals surface area contributed by atoms with Crippen LogP contribution in [0, 0.1) is 0 Å². The van der Waals surface area contributed by atoms with Crippen LogP contribution in [0.15, 0.2) is 66.9 Å². The molecule has 0 aliphatic carbocycles. The monoisotopic (exact) mass is 458 g/mol. The maximum Gasteiger partial charge on any atom is 0.418 e. The number of carbonyl (C=O) groups excluding carboxylic acids is 1. The van der Waals surface area contributed by atoms with Crippen molar-refractivity contribution < 1.29 is 31.1 Å². The minimum Gasteiger partial charge on any atom is -0.340 e. The van der Waals surface area contributed by atoms with E-state index in [2.05, 4.69) is 10.3 Å². The molecule has 1 amide bonds. The van der Waals surface area contributed by atoms with Crippen LogP contribution in [0.5, 0.6) is 0 Å². The van der Waals surface area contributed by atoms with E-state index in [0.717, 1.165) is 42.6 Å². The Morgan fingerprint density at radius 3 is 2.16 bits per heavy atom. The number of amides is 1. The highest BCUT2D eigenvalue weighted by atomic mass is 35.5. The Bertz CT molecular complexity index is 1080. The van der Waals surface area contributed by atoms with Gasteiger partial charge in [0.05, 0.1) is 22.9 Å². The third kappa shape index (κ3) is 5.35. The third-order valence-corrected chi connectivity index (χ3v) is 4.59. The number of nitrogens with zero attached hydrogens (tertiary/aromatic N) is 1. The fourth-order valence-electron chi connectivity index (χ4n) is 2.91. The highest BCUT2D eigenvalue weighted by Crippen LogP contribution is 2.36. The van der Waals surface area contributed by atoms with Gasteiger partial charge in [0.15, 0.2) is 0 Å². The van der Waals surface area contributed by atoms with Gasteiger partial charge in [-0.15, -0.1) is 0 Å². The third-order valence-electron chi connectivity index (χ3n) is 4.35. The van der Waals surface area contributed by atoms with Crippen LogP contribution < -0.4 is 5.32 Å². The topological polar surface area (TPSA) is 42.0 Å². The van der Waals surface area contributed by atoms with E-state index in [4.69, 9.17) is 11.6 Å². The largest absolute Gasteiger partial charge is 0.418 e. The molecule has 1 N–H and O–H groups in total. The number of halogens is 7. The molecule has 0 spiro atoms. The summed E-state index contributed by atoms with van der Waals surface area (Å²) in [5.74, 6) is -0.772. The van der Waals surface area contributed by atoms with E-state index in [1.54, 1.807) is 0 Å². The van der Waals surface area contributed by atoms with Crippen LogP contribution >= 0.6 is 11.6 Å². The van der Waals surface area contributed by atoms with Crippen molar-refractivity contribution in [3.05, 3.63) is 99.8 Å². The van der Waals surface area contributed by atoms with Gasteiger partial charge >= 0.3 is 12.4 Å². The van der Waals surface area contributed by atoms with E-state index in [0.29, 0.717) is 0 Å². The summed E-state index contributed by atoms with van der Waals surface area (Å²) in [6, 6.07) is 9.54. The smallest absolute Gasteiger partial charge is 0.340 e. The minimum atomic E-state index is -4.80. The number of rotatable bonds is 4. The molecule has 1 atom stereocenters. The van der Waals surface area contributed by atoms with Gasteiger partial charge in [-0.2, -0.15) is 26.3 Å². The zero-order valence-corrected chi connectivity index (χ0v) is 16.2. The second kappa shape index (κ2) is 8.58. The highest BCUT2D eigenvalue weighted by Gasteiger charge is 2.37. The van der Waals surface area contributed by atoms with Crippen molar-refractivity contribution in [2.45, 2.75) is 18.4 Å². The fourth-order valence-corrected chi connectivity index (χ4v) is 3.10. The van der Waals surface area contributed by atoms with Crippen molar-refractivity contribution in [1.82, 2.24) is 10.3 Å². The number of alkyl halides is 6. The molecule has 0 aliphatic rings. The SMILES string of the molecule is O=C(NC(c1ccc(C(F)(F)F)cc1)c1ncccc1C(F)(F)F)c1cccc(Cl)c1. The molecule has 1 heterocycles. The van der Waals surface area contributed by atoms with Gasteiger partial charge in [0, 0.05) is 16.8 Å². The highest BCUT2D eigenvalue weighted by molar-refractivity contribution is 6.30. The predicted molar refractivity (Wildman–Crippen MR) is 101 cm³/mol. The normalized spacial score (nSPS) is 13.0. The summed E-state index contributed by atoms with van der Waals surface area (Å²) < 4.78 is 79.3. The van der Waals surface area contributed by atoms with Crippen molar-refractivity contribution in [1.29, 1.82) is 0 Å². The maximum atomic E-state index is 13.5. The lowest BCUT2D eigenvalue weighted by atomic mass is 9.97. The molecule has 0 saturated heterocycles. The Balaban J connectivity index is 2.08. The zero-order valence-electron chi connectivity index (χ0n) is 15.4. The second-order valence-corrected chi connectivity index (χ2v) is 6.91. The van der Waals surface area contributed by atoms with Gasteiger partial charge in [-0.25, -0.2) is 0 Å². The first-order valence-corrected chi connectivity index (χ1v) is 9.10. The summed E-state index contributed by atoms with van der Waals surface area (Å²) >= 11 is 5.86. The molecule has 3 aromatic rings. The lowest BCUT2D eigenvalue weighted by Gasteiger charge is -2.23. The Morgan fingerprint density at radius 1 is 0.903 bits per heavy atom. The number of benzene rings is 2. The van der Waals surface area contributed by atoms with Crippen molar-refractivity contribution in [3.63, 3.8) is 0 Å². The number of carbonyl (C=O) groups is 1. The average molecular weight is 459 g/mol. The molecule has 3 rings (SSSR count). The first kappa shape index (κ1) is 22.6. The Morgan fingerprint density at radius 2 is 1.58 bits per heavy atom. The van der Waals surface area contributed by atoms with Gasteiger partial charge in [-0.1, -0.05) is 29.8 Å². The van der Waals surface area contributed by atoms with E-state index < -0.39 is 41.1 Å². The van der Waals surface area contributed by atoms with Crippen LogP contribution in [0.25, 0.3) is 0 Å². The molecule has 2 aromatic carbocycles. The van der Waals surface area contributed by atoms with Crippen molar-refractivity contribution in [2.75, 3.05) is 0 Å². The van der Waals surface area contributed by atoms with E-state index in [1.165, 1.54) is 24.3 Å². The molecule has 0 bridgehead atoms. The Hall–Kier alpha value is -3.07. The molecule has 1 unspecified atom stereocenters. The molecule has 31 heavy (non-hydrogen) atoms. The number of hydrogen-bond acceptors (Lipinski definition) is 2. The first-order valence-electron chi connectivity index (χ1n) is 8.72. The summed E-state index contributed by atoms with van der Waals surface area (Å²) in [6.07, 6.45) is -8.32. The van der Waals surface area contributed by atoms with Crippen molar-refractivity contribution in [2.24, 2.45) is 0 Å². The molecular formula is C21H13ClF6N2O. The van der Waals surface area contributed by atoms with Crippen LogP contribution in [0.4, 0.5) is 26.3 Å². The molecule has 1 aromatic heterocycles. The molecule has 0 aliphatic heterocycles. The number of pyridine rings is 1. The van der Waals surface area contributed by atoms with Crippen LogP contribution in [0.2, 0.25) is 5.02 Å². The van der Waals surface area contributed by atoms with Crippen LogP contribution in [0.1, 0.15) is 38.8 Å². The van der Waals surface area contributed by atoms with Gasteiger partial charge in [0.25, 0.3) is 5.91 Å². The van der Waals surface area contributed by atoms with Crippen LogP contribution in [-0.4, -0.2) is 10.9 Å². The molecular weight excluding hydrogens is 446 g/mol. The molecule has 3 nitrogen and oxygen atoms in total. The van der Waals surface area contributed by atoms with Gasteiger partial charge in [-0.05, 0) is 48.0 Å². The summed E-state index contributed by atoms with van der Waals surface area (Å²) in [5, 5.41) is 2.65. The quantitative estimate of drug-likeness (QED) is 0.467. The average Bonchev–Trinajstić information content (AvgIpc) is 2.71. The first-order chi connectivity index (χ1) is 14.5. The second-order valence-electron chi connectivity index (χ2n) is 6.47. The van der Waals surface area contributed by atoms with E-state index in [-0.39, 0.29) is 16.1 Å². The zero-order chi connectivity index (χ0) is 22.8. The summed E-state index contributed by atoms with van der Waals surface area (Å²) in [6.45, 7) is 0. The van der Waals surface area contributed by atoms with Gasteiger partial charge in [-0.3, -0.25) is 9.78 Å². The maximum absolute atomic E-state index is 13.5. The van der Waals surface area contributed by atoms with E-state index >= 15 is 0 Å². The van der Waals surface area contributed by atoms with Gasteiger partial charge in [0.2, 0.25) is 0 Å². The van der Waals surface area contributed by atoms with E-state index in [9.17, 15) is 31.1 Å². The molecule has 0 fully saturated rings. The fraction of sp³-hybridized carbons (Fsp3) is 0.143. The van der Waals surface area contributed by atoms with Crippen molar-refractivity contribution in [3.8, 4) is 0 Å². The molecule has 0 radical (unpaired) electrons. The standard InChI is InChI=1S/C21H13ClF6N2O/c22-15-4-1-3-13(11-15)19(31)30-17(12-6-8-14(9-7-12)20(23,24)25)18-16(21(26,27)28)5-2-10-29-18/h1-11,17H,(H,30,31). The number of nitrogens with one attached hydrogen (secondary N) is 1. The summed E-state index contributed by atoms with van der Waals surface area (Å²) in [4.78, 5) is 16.5. The Labute approximate surface area is 177 Å². The van der Waals surface area contributed by atoms with Crippen LogP contribution in [-0.2, 0) is 12.4 Å². The Kier molecular flexibility index (Phi) is 6.26. The molecule has 10 heteroatoms. The number of aromatic nitrogens is 1. The lowest BCUT2D eigenvalue weighted by molar-refractivity contribution is -0.139. The van der Waals surface area contributed by atoms with Crippen molar-refractivity contribution >= 4 is 17.5 Å². The molecule has 0 saturated carbocycles. The summed E-state index contributed by atoms with van der Waals surface area (Å²) in [5.41, 5.74) is -2.59.